The summed E-state index contributed by atoms with van der Waals surface area (Å²) in [6, 6.07) is 12.6. The van der Waals surface area contributed by atoms with E-state index in [0.717, 1.165) is 22.2 Å². The summed E-state index contributed by atoms with van der Waals surface area (Å²) in [6.45, 7) is 0.385. The molecule has 0 saturated heterocycles. The van der Waals surface area contributed by atoms with Gasteiger partial charge in [0.05, 0.1) is 12.1 Å². The molecule has 1 aliphatic rings. The highest BCUT2D eigenvalue weighted by Crippen LogP contribution is 2.26. The molecule has 0 fully saturated rings. The van der Waals surface area contributed by atoms with Gasteiger partial charge in [-0.25, -0.2) is 9.18 Å². The topological polar surface area (TPSA) is 67.8 Å². The molecule has 1 heterocycles. The van der Waals surface area contributed by atoms with Gasteiger partial charge in [0.25, 0.3) is 5.91 Å². The van der Waals surface area contributed by atoms with E-state index < -0.39 is 24.3 Å². The molecule has 3 rings (SSSR count). The Bertz CT molecular complexity index is 874. The summed E-state index contributed by atoms with van der Waals surface area (Å²) in [6.07, 6.45) is 0. The monoisotopic (exact) mass is 404 g/mol. The fourth-order valence-electron chi connectivity index (χ4n) is 2.36. The van der Waals surface area contributed by atoms with Crippen LogP contribution in [0.2, 0.25) is 0 Å². The molecule has 2 aromatic rings. The van der Waals surface area contributed by atoms with Crippen molar-refractivity contribution in [3.05, 3.63) is 65.5 Å². The molecule has 1 amide bonds. The number of benzene rings is 2. The van der Waals surface area contributed by atoms with Crippen molar-refractivity contribution in [1.82, 2.24) is 0 Å². The molecular weight excluding hydrogens is 387 g/mol. The summed E-state index contributed by atoms with van der Waals surface area (Å²) in [4.78, 5) is 28.7. The predicted octanol–water partition coefficient (Wildman–Crippen LogP) is 3.96. The van der Waals surface area contributed by atoms with Crippen molar-refractivity contribution in [1.29, 1.82) is 0 Å². The molecule has 2 aromatic carbocycles. The average molecular weight is 404 g/mol. The minimum absolute atomic E-state index is 0.308. The number of nitrogens with zero attached hydrogens (tertiary/aromatic N) is 1. The van der Waals surface area contributed by atoms with Crippen LogP contribution in [-0.2, 0) is 15.3 Å². The molecule has 0 saturated carbocycles. The lowest BCUT2D eigenvalue weighted by Crippen LogP contribution is -2.21. The fraction of sp³-hybridized carbons (Fsp3) is 0.211. The van der Waals surface area contributed by atoms with E-state index in [9.17, 15) is 14.0 Å². The van der Waals surface area contributed by atoms with E-state index in [2.05, 4.69) is 10.3 Å². The molecule has 0 atom stereocenters. The number of carbonyl (C=O) groups excluding carboxylic acids is 2. The van der Waals surface area contributed by atoms with Crippen LogP contribution in [0.1, 0.15) is 15.9 Å². The number of thioether (sulfide) groups is 2. The van der Waals surface area contributed by atoms with E-state index in [1.54, 1.807) is 41.7 Å². The van der Waals surface area contributed by atoms with Gasteiger partial charge in [0, 0.05) is 17.2 Å². The smallest absolute Gasteiger partial charge is 0.338 e. The van der Waals surface area contributed by atoms with Crippen molar-refractivity contribution in [2.75, 3.05) is 24.2 Å². The van der Waals surface area contributed by atoms with Gasteiger partial charge in [0.1, 0.15) is 10.2 Å². The Balaban J connectivity index is 1.55. The van der Waals surface area contributed by atoms with Crippen molar-refractivity contribution in [2.45, 2.75) is 5.75 Å². The number of anilines is 1. The van der Waals surface area contributed by atoms with Crippen molar-refractivity contribution < 1.29 is 18.7 Å². The highest BCUT2D eigenvalue weighted by Gasteiger charge is 2.16. The third kappa shape index (κ3) is 5.83. The summed E-state index contributed by atoms with van der Waals surface area (Å²) in [7, 11) is 0. The lowest BCUT2D eigenvalue weighted by atomic mass is 10.1. The van der Waals surface area contributed by atoms with Crippen LogP contribution in [0.3, 0.4) is 0 Å². The summed E-state index contributed by atoms with van der Waals surface area (Å²) in [5, 5.41) is 2.49. The number of ether oxygens (including phenoxy) is 1. The van der Waals surface area contributed by atoms with Crippen LogP contribution in [0.15, 0.2) is 53.5 Å². The maximum absolute atomic E-state index is 13.1. The molecule has 5 nitrogen and oxygen atoms in total. The zero-order valence-corrected chi connectivity index (χ0v) is 15.9. The number of nitrogens with one attached hydrogen (secondary N) is 1. The number of hydrogen-bond donors (Lipinski definition) is 1. The van der Waals surface area contributed by atoms with Crippen LogP contribution >= 0.6 is 23.5 Å². The quantitative estimate of drug-likeness (QED) is 0.738. The van der Waals surface area contributed by atoms with Crippen LogP contribution in [0.25, 0.3) is 0 Å². The maximum Gasteiger partial charge on any atom is 0.338 e. The number of halogens is 1. The molecule has 0 unspecified atom stereocenters. The second-order valence-electron chi connectivity index (χ2n) is 5.58. The van der Waals surface area contributed by atoms with Crippen LogP contribution < -0.4 is 5.32 Å². The molecule has 0 radical (unpaired) electrons. The fourth-order valence-corrected chi connectivity index (χ4v) is 4.37. The van der Waals surface area contributed by atoms with E-state index >= 15 is 0 Å². The summed E-state index contributed by atoms with van der Waals surface area (Å²) < 4.78 is 19.3. The molecule has 0 spiro atoms. The van der Waals surface area contributed by atoms with Gasteiger partial charge in [-0.2, -0.15) is 0 Å². The lowest BCUT2D eigenvalue weighted by molar-refractivity contribution is -0.119. The van der Waals surface area contributed by atoms with Crippen molar-refractivity contribution >= 4 is 45.5 Å². The van der Waals surface area contributed by atoms with E-state index in [0.29, 0.717) is 17.0 Å². The van der Waals surface area contributed by atoms with Crippen LogP contribution in [-0.4, -0.2) is 35.2 Å². The van der Waals surface area contributed by atoms with Crippen LogP contribution in [0.4, 0.5) is 10.1 Å². The Kier molecular flexibility index (Phi) is 6.89. The Morgan fingerprint density at radius 2 is 2.07 bits per heavy atom. The Morgan fingerprint density at radius 3 is 2.85 bits per heavy atom. The van der Waals surface area contributed by atoms with Gasteiger partial charge in [-0.15, -0.1) is 0 Å². The molecule has 140 valence electrons. The highest BCUT2D eigenvalue weighted by atomic mass is 32.2. The standard InChI is InChI=1S/C19H17FN2O3S2/c20-14-5-3-6-15(10-14)22-17(23)11-25-18(24)16-7-2-1-4-13(16)12-27-19-21-8-9-26-19/h1-7,10H,8-9,11-12H2,(H,22,23). The van der Waals surface area contributed by atoms with Gasteiger partial charge in [-0.1, -0.05) is 47.8 Å². The molecule has 0 bridgehead atoms. The molecular formula is C19H17FN2O3S2. The Hall–Kier alpha value is -2.32. The van der Waals surface area contributed by atoms with E-state index in [1.165, 1.54) is 18.2 Å². The molecule has 8 heteroatoms. The first-order valence-corrected chi connectivity index (χ1v) is 10.2. The SMILES string of the molecule is O=C(COC(=O)c1ccccc1CSC1=NCCS1)Nc1cccc(F)c1. The molecule has 27 heavy (non-hydrogen) atoms. The lowest BCUT2D eigenvalue weighted by Gasteiger charge is -2.10. The van der Waals surface area contributed by atoms with Gasteiger partial charge in [-0.05, 0) is 29.8 Å². The maximum atomic E-state index is 13.1. The minimum atomic E-state index is -0.568. The minimum Gasteiger partial charge on any atom is -0.452 e. The molecule has 1 N–H and O–H groups in total. The van der Waals surface area contributed by atoms with Crippen molar-refractivity contribution in [3.8, 4) is 0 Å². The van der Waals surface area contributed by atoms with Crippen LogP contribution in [0.5, 0.6) is 0 Å². The van der Waals surface area contributed by atoms with Crippen LogP contribution in [0, 0.1) is 5.82 Å². The van der Waals surface area contributed by atoms with E-state index in [1.807, 2.05) is 12.1 Å². The van der Waals surface area contributed by atoms with Crippen molar-refractivity contribution in [3.63, 3.8) is 0 Å². The number of aliphatic imine (C=N–C) groups is 1. The summed E-state index contributed by atoms with van der Waals surface area (Å²) in [5.74, 6) is 0.0411. The number of esters is 1. The third-order valence-electron chi connectivity index (χ3n) is 3.59. The first-order valence-electron chi connectivity index (χ1n) is 8.22. The normalized spacial score (nSPS) is 13.1. The highest BCUT2D eigenvalue weighted by molar-refractivity contribution is 8.38. The first-order chi connectivity index (χ1) is 13.1. The Morgan fingerprint density at radius 1 is 1.22 bits per heavy atom. The van der Waals surface area contributed by atoms with Gasteiger partial charge >= 0.3 is 5.97 Å². The van der Waals surface area contributed by atoms with Gasteiger partial charge in [0.15, 0.2) is 6.61 Å². The van der Waals surface area contributed by atoms with Crippen molar-refractivity contribution in [2.24, 2.45) is 4.99 Å². The second kappa shape index (κ2) is 9.57. The molecule has 1 aliphatic heterocycles. The zero-order valence-electron chi connectivity index (χ0n) is 14.3. The van der Waals surface area contributed by atoms with E-state index in [-0.39, 0.29) is 0 Å². The van der Waals surface area contributed by atoms with E-state index in [4.69, 9.17) is 4.74 Å². The zero-order chi connectivity index (χ0) is 19.1. The third-order valence-corrected chi connectivity index (χ3v) is 5.89. The Labute approximate surface area is 164 Å². The summed E-state index contributed by atoms with van der Waals surface area (Å²) >= 11 is 3.30. The largest absolute Gasteiger partial charge is 0.452 e. The summed E-state index contributed by atoms with van der Waals surface area (Å²) in [5.41, 5.74) is 1.56. The number of hydrogen-bond acceptors (Lipinski definition) is 6. The van der Waals surface area contributed by atoms with Gasteiger partial charge in [0.2, 0.25) is 0 Å². The molecule has 0 aromatic heterocycles. The number of carbonyl (C=O) groups is 2. The predicted molar refractivity (Wildman–Crippen MR) is 108 cm³/mol. The first kappa shape index (κ1) is 19.4. The number of amides is 1. The number of rotatable bonds is 6. The second-order valence-corrected chi connectivity index (χ2v) is 7.88. The molecule has 0 aliphatic carbocycles. The average Bonchev–Trinajstić information content (AvgIpc) is 3.18. The van der Waals surface area contributed by atoms with Gasteiger partial charge < -0.3 is 10.1 Å². The van der Waals surface area contributed by atoms with Gasteiger partial charge in [-0.3, -0.25) is 9.79 Å².